The van der Waals surface area contributed by atoms with Crippen LogP contribution in [0.5, 0.6) is 0 Å². The van der Waals surface area contributed by atoms with Crippen LogP contribution in [0.2, 0.25) is 0 Å². The van der Waals surface area contributed by atoms with Crippen LogP contribution in [0.4, 0.5) is 0 Å². The lowest BCUT2D eigenvalue weighted by Crippen LogP contribution is -2.53. The van der Waals surface area contributed by atoms with Gasteiger partial charge in [0.1, 0.15) is 0 Å². The molecule has 22 heavy (non-hydrogen) atoms. The summed E-state index contributed by atoms with van der Waals surface area (Å²) in [6, 6.07) is -1.42. The molecule has 3 N–H and O–H groups in total. The van der Waals surface area contributed by atoms with E-state index in [0.29, 0.717) is 0 Å². The highest BCUT2D eigenvalue weighted by atomic mass is 32.3. The fourth-order valence-electron chi connectivity index (χ4n) is 1.68. The molecule has 1 aliphatic rings. The van der Waals surface area contributed by atoms with Crippen LogP contribution in [0.1, 0.15) is 6.42 Å². The molecule has 0 spiro atoms. The molecule has 0 aromatic carbocycles. The quantitative estimate of drug-likeness (QED) is 0.299. The third kappa shape index (κ3) is 8.27. The monoisotopic (exact) mass is 386 g/mol. The molecule has 132 valence electrons. The maximum atomic E-state index is 10.7. The molecule has 0 amide bonds. The van der Waals surface area contributed by atoms with E-state index in [4.69, 9.17) is 13.8 Å². The molecule has 1 fully saturated rings. The molecule has 3 atom stereocenters. The summed E-state index contributed by atoms with van der Waals surface area (Å²) in [5.74, 6) is 0. The van der Waals surface area contributed by atoms with Crippen LogP contribution in [-0.2, 0) is 44.2 Å². The smallest absolute Gasteiger partial charge is 0.397 e. The van der Waals surface area contributed by atoms with Gasteiger partial charge in [-0.05, 0) is 0 Å². The van der Waals surface area contributed by atoms with Gasteiger partial charge in [0.2, 0.25) is 10.4 Å². The SMILES string of the molecule is O=S(=O)(O)NC1COC(COS(=O)(=O)O)C[C@H]1OS(=O)(=O)[O-]. The zero-order valence-electron chi connectivity index (χ0n) is 10.6. The van der Waals surface area contributed by atoms with Crippen molar-refractivity contribution in [1.82, 2.24) is 4.72 Å². The first-order chi connectivity index (χ1) is 9.75. The second kappa shape index (κ2) is 6.99. The van der Waals surface area contributed by atoms with E-state index in [1.807, 2.05) is 0 Å². The minimum Gasteiger partial charge on any atom is -0.726 e. The molecular weight excluding hydrogens is 374 g/mol. The summed E-state index contributed by atoms with van der Waals surface area (Å²) in [6.07, 6.45) is -3.16. The van der Waals surface area contributed by atoms with E-state index in [0.717, 1.165) is 0 Å². The van der Waals surface area contributed by atoms with Gasteiger partial charge < -0.3 is 9.29 Å². The lowest BCUT2D eigenvalue weighted by atomic mass is 10.0. The summed E-state index contributed by atoms with van der Waals surface area (Å²) < 4.78 is 106. The lowest BCUT2D eigenvalue weighted by molar-refractivity contribution is -0.0690. The summed E-state index contributed by atoms with van der Waals surface area (Å²) >= 11 is 0. The highest BCUT2D eigenvalue weighted by Crippen LogP contribution is 2.20. The average molecular weight is 386 g/mol. The van der Waals surface area contributed by atoms with Crippen LogP contribution in [-0.4, -0.2) is 70.4 Å². The zero-order valence-corrected chi connectivity index (χ0v) is 13.0. The third-order valence-corrected chi connectivity index (χ3v) is 3.92. The second-order valence-electron chi connectivity index (χ2n) is 4.15. The van der Waals surface area contributed by atoms with Gasteiger partial charge in [0.15, 0.2) is 0 Å². The van der Waals surface area contributed by atoms with Gasteiger partial charge in [0, 0.05) is 6.42 Å². The van der Waals surface area contributed by atoms with Crippen molar-refractivity contribution in [1.29, 1.82) is 0 Å². The number of ether oxygens (including phenoxy) is 1. The van der Waals surface area contributed by atoms with Crippen molar-refractivity contribution in [2.75, 3.05) is 13.2 Å². The predicted octanol–water partition coefficient (Wildman–Crippen LogP) is -2.80. The first-order valence-corrected chi connectivity index (χ1v) is 9.51. The topological polar surface area (TPSA) is 206 Å². The Morgan fingerprint density at radius 2 is 1.77 bits per heavy atom. The predicted molar refractivity (Wildman–Crippen MR) is 64.9 cm³/mol. The summed E-state index contributed by atoms with van der Waals surface area (Å²) in [4.78, 5) is 0. The minimum atomic E-state index is -5.21. The van der Waals surface area contributed by atoms with Crippen LogP contribution in [0.15, 0.2) is 0 Å². The van der Waals surface area contributed by atoms with E-state index in [-0.39, 0.29) is 0 Å². The Kier molecular flexibility index (Phi) is 6.23. The Hall–Kier alpha value is -0.430. The Morgan fingerprint density at radius 1 is 1.18 bits per heavy atom. The van der Waals surface area contributed by atoms with Gasteiger partial charge in [-0.25, -0.2) is 12.6 Å². The highest BCUT2D eigenvalue weighted by molar-refractivity contribution is 7.83. The van der Waals surface area contributed by atoms with E-state index in [9.17, 15) is 29.8 Å². The molecule has 16 heteroatoms. The Balaban J connectivity index is 2.79. The summed E-state index contributed by atoms with van der Waals surface area (Å²) in [6.45, 7) is -1.28. The number of rotatable bonds is 7. The largest absolute Gasteiger partial charge is 0.726 e. The maximum Gasteiger partial charge on any atom is 0.397 e. The van der Waals surface area contributed by atoms with Crippen molar-refractivity contribution in [2.24, 2.45) is 0 Å². The van der Waals surface area contributed by atoms with Crippen LogP contribution in [0.25, 0.3) is 0 Å². The van der Waals surface area contributed by atoms with Crippen LogP contribution >= 0.6 is 0 Å². The van der Waals surface area contributed by atoms with E-state index >= 15 is 0 Å². The summed E-state index contributed by atoms with van der Waals surface area (Å²) in [7, 11) is -14.7. The zero-order chi connectivity index (χ0) is 17.2. The van der Waals surface area contributed by atoms with Crippen LogP contribution in [0.3, 0.4) is 0 Å². The molecule has 0 bridgehead atoms. The molecule has 1 heterocycles. The molecule has 1 aliphatic heterocycles. The summed E-state index contributed by atoms with van der Waals surface area (Å²) in [5, 5.41) is 0. The first-order valence-electron chi connectivity index (χ1n) is 5.37. The highest BCUT2D eigenvalue weighted by Gasteiger charge is 2.36. The Labute approximate surface area is 126 Å². The van der Waals surface area contributed by atoms with Gasteiger partial charge in [-0.1, -0.05) is 0 Å². The van der Waals surface area contributed by atoms with Gasteiger partial charge in [0.05, 0.1) is 31.5 Å². The Bertz CT molecular complexity index is 680. The van der Waals surface area contributed by atoms with Crippen molar-refractivity contribution in [3.05, 3.63) is 0 Å². The molecule has 1 rings (SSSR count). The van der Waals surface area contributed by atoms with Gasteiger partial charge in [-0.15, -0.1) is 0 Å². The van der Waals surface area contributed by atoms with Gasteiger partial charge >= 0.3 is 20.7 Å². The molecule has 1 saturated heterocycles. The maximum absolute atomic E-state index is 10.7. The van der Waals surface area contributed by atoms with Crippen LogP contribution < -0.4 is 4.72 Å². The molecule has 0 saturated carbocycles. The number of hydrogen-bond donors (Lipinski definition) is 3. The van der Waals surface area contributed by atoms with E-state index < -0.39 is 69.0 Å². The number of nitrogens with one attached hydrogen (secondary N) is 1. The van der Waals surface area contributed by atoms with Crippen molar-refractivity contribution in [3.63, 3.8) is 0 Å². The number of hydrogen-bond acceptors (Lipinski definition) is 10. The van der Waals surface area contributed by atoms with Crippen LogP contribution in [0, 0.1) is 0 Å². The fraction of sp³-hybridized carbons (Fsp3) is 1.00. The average Bonchev–Trinajstić information content (AvgIpc) is 2.24. The van der Waals surface area contributed by atoms with E-state index in [2.05, 4.69) is 8.37 Å². The Morgan fingerprint density at radius 3 is 2.23 bits per heavy atom. The normalized spacial score (nSPS) is 27.7. The second-order valence-corrected chi connectivity index (χ2v) is 7.43. The third-order valence-electron chi connectivity index (χ3n) is 2.40. The lowest BCUT2D eigenvalue weighted by Gasteiger charge is -2.35. The molecule has 0 radical (unpaired) electrons. The van der Waals surface area contributed by atoms with Gasteiger partial charge in [0.25, 0.3) is 0 Å². The molecule has 0 aliphatic carbocycles. The van der Waals surface area contributed by atoms with E-state index in [1.165, 1.54) is 0 Å². The minimum absolute atomic E-state index is 0.468. The van der Waals surface area contributed by atoms with Gasteiger partial charge in [-0.2, -0.15) is 21.6 Å². The fourth-order valence-corrected chi connectivity index (χ4v) is 3.12. The van der Waals surface area contributed by atoms with Crippen molar-refractivity contribution in [3.8, 4) is 0 Å². The standard InChI is InChI=1S/C6H13NO12S3/c8-20(9,10)7-5-3-17-4(2-18-21(11,12)13)1-6(5)19-22(14,15)16/h4-7H,1-3H2,(H,8,9,10)(H,11,12,13)(H,14,15,16)/p-1/t4?,5?,6-/m1/s1. The van der Waals surface area contributed by atoms with Crippen molar-refractivity contribution < 1.29 is 52.0 Å². The molecule has 0 aromatic rings. The van der Waals surface area contributed by atoms with E-state index in [1.54, 1.807) is 4.72 Å². The van der Waals surface area contributed by atoms with Gasteiger partial charge in [-0.3, -0.25) is 13.3 Å². The first kappa shape index (κ1) is 19.6. The molecule has 13 nitrogen and oxygen atoms in total. The molecular formula is C6H12NO12S3-. The summed E-state index contributed by atoms with van der Waals surface area (Å²) in [5.41, 5.74) is 0. The molecule has 0 aromatic heterocycles. The molecule has 2 unspecified atom stereocenters. The van der Waals surface area contributed by atoms with Crippen molar-refractivity contribution in [2.45, 2.75) is 24.7 Å². The van der Waals surface area contributed by atoms with Crippen molar-refractivity contribution >= 4 is 31.1 Å².